The Morgan fingerprint density at radius 2 is 1.02 bits per heavy atom. The summed E-state index contributed by atoms with van der Waals surface area (Å²) < 4.78 is 2.69. The minimum atomic E-state index is 0.216. The van der Waals surface area contributed by atoms with Gasteiger partial charge in [-0.2, -0.15) is 0 Å². The Bertz CT molecular complexity index is 1780. The van der Waals surface area contributed by atoms with Crippen LogP contribution in [-0.4, -0.2) is 5.78 Å². The summed E-state index contributed by atoms with van der Waals surface area (Å²) in [6.07, 6.45) is 12.5. The molecule has 0 amide bonds. The molecule has 0 radical (unpaired) electrons. The zero-order valence-electron chi connectivity index (χ0n) is 25.9. The number of hydrogen-bond donors (Lipinski definition) is 0. The molecule has 0 spiro atoms. The van der Waals surface area contributed by atoms with Crippen molar-refractivity contribution in [2.45, 2.75) is 106 Å². The summed E-state index contributed by atoms with van der Waals surface area (Å²) in [6, 6.07) is 4.45. The molecular weight excluding hydrogens is 589 g/mol. The summed E-state index contributed by atoms with van der Waals surface area (Å²) in [7, 11) is 0. The summed E-state index contributed by atoms with van der Waals surface area (Å²) in [5.41, 5.74) is 7.24. The second-order valence-electron chi connectivity index (χ2n) is 12.1. The fourth-order valence-electron chi connectivity index (χ4n) is 6.63. The molecule has 4 heterocycles. The summed E-state index contributed by atoms with van der Waals surface area (Å²) in [5.74, 6) is 0.216. The largest absolute Gasteiger partial charge is 0.288 e. The molecule has 0 atom stereocenters. The standard InChI is InChI=1S/C37H42OS4/c1-7-9-11-13-15-25-23(5)29-30-24(6)26(16-14-12-10-8-2)42-37(30)34-32(28-18-22(4)20-40-28)35(38)31(33(34)36(29)41-25)27-17-21(3)19-39-27/h17-20H,7-16H2,1-6H3. The highest BCUT2D eigenvalue weighted by Crippen LogP contribution is 2.42. The Balaban J connectivity index is 1.73. The van der Waals surface area contributed by atoms with Gasteiger partial charge in [0.05, 0.1) is 0 Å². The molecule has 0 fully saturated rings. The average Bonchev–Trinajstić information content (AvgIpc) is 3.77. The second kappa shape index (κ2) is 12.5. The first kappa shape index (κ1) is 30.0. The fourth-order valence-corrected chi connectivity index (χ4v) is 11.3. The third kappa shape index (κ3) is 5.19. The highest BCUT2D eigenvalue weighted by atomic mass is 32.1. The van der Waals surface area contributed by atoms with Crippen LogP contribution in [-0.2, 0) is 17.6 Å². The van der Waals surface area contributed by atoms with Gasteiger partial charge in [0.25, 0.3) is 0 Å². The number of thiophene rings is 4. The second-order valence-corrected chi connectivity index (χ2v) is 16.2. The Morgan fingerprint density at radius 1 is 0.595 bits per heavy atom. The lowest BCUT2D eigenvalue weighted by Gasteiger charge is -2.03. The molecule has 0 N–H and O–H groups in total. The summed E-state index contributed by atoms with van der Waals surface area (Å²) >= 11 is 7.41. The quantitative estimate of drug-likeness (QED) is 0.125. The van der Waals surface area contributed by atoms with Crippen LogP contribution >= 0.6 is 45.3 Å². The maximum Gasteiger partial charge on any atom is 0.197 e. The molecule has 42 heavy (non-hydrogen) atoms. The van der Waals surface area contributed by atoms with Gasteiger partial charge in [0.2, 0.25) is 0 Å². The van der Waals surface area contributed by atoms with Gasteiger partial charge in [-0.1, -0.05) is 52.4 Å². The van der Waals surface area contributed by atoms with Gasteiger partial charge >= 0.3 is 0 Å². The van der Waals surface area contributed by atoms with Gasteiger partial charge in [-0.15, -0.1) is 45.3 Å². The van der Waals surface area contributed by atoms with Gasteiger partial charge in [-0.25, -0.2) is 0 Å². The lowest BCUT2D eigenvalue weighted by molar-refractivity contribution is -0.108. The van der Waals surface area contributed by atoms with Gasteiger partial charge < -0.3 is 0 Å². The summed E-state index contributed by atoms with van der Waals surface area (Å²) in [5, 5.41) is 9.68. The highest BCUT2D eigenvalue weighted by molar-refractivity contribution is 7.21. The van der Waals surface area contributed by atoms with Crippen molar-refractivity contribution < 1.29 is 4.79 Å². The summed E-state index contributed by atoms with van der Waals surface area (Å²) in [6.45, 7) is 13.6. The number of carbonyl (C=O) groups is 1. The van der Waals surface area contributed by atoms with Crippen molar-refractivity contribution >= 4 is 82.4 Å². The average molecular weight is 631 g/mol. The van der Waals surface area contributed by atoms with Crippen LogP contribution in [0.3, 0.4) is 0 Å². The van der Waals surface area contributed by atoms with E-state index in [9.17, 15) is 4.79 Å². The van der Waals surface area contributed by atoms with Crippen LogP contribution in [0.25, 0.3) is 31.3 Å². The van der Waals surface area contributed by atoms with E-state index < -0.39 is 0 Å². The van der Waals surface area contributed by atoms with Gasteiger partial charge in [0.1, 0.15) is 0 Å². The van der Waals surface area contributed by atoms with Crippen molar-refractivity contribution in [3.05, 3.63) is 75.1 Å². The Labute approximate surface area is 266 Å². The molecule has 6 rings (SSSR count). The van der Waals surface area contributed by atoms with Crippen molar-refractivity contribution in [1.82, 2.24) is 0 Å². The zero-order chi connectivity index (χ0) is 29.5. The van der Waals surface area contributed by atoms with Gasteiger partial charge in [0, 0.05) is 61.3 Å². The van der Waals surface area contributed by atoms with E-state index in [1.807, 2.05) is 22.7 Å². The summed E-state index contributed by atoms with van der Waals surface area (Å²) in [4.78, 5) is 20.0. The molecule has 1 aliphatic rings. The maximum atomic E-state index is 14.7. The van der Waals surface area contributed by atoms with E-state index in [1.165, 1.54) is 114 Å². The first-order valence-electron chi connectivity index (χ1n) is 15.8. The lowest BCUT2D eigenvalue weighted by Crippen LogP contribution is -2.25. The van der Waals surface area contributed by atoms with Crippen LogP contribution in [0.15, 0.2) is 22.9 Å². The number of ketones is 1. The minimum absolute atomic E-state index is 0.216. The number of hydrogen-bond acceptors (Lipinski definition) is 5. The van der Waals surface area contributed by atoms with Crippen molar-refractivity contribution in [1.29, 1.82) is 0 Å². The molecule has 1 aromatic carbocycles. The Morgan fingerprint density at radius 3 is 1.38 bits per heavy atom. The predicted octanol–water partition coefficient (Wildman–Crippen LogP) is 10.7. The predicted molar refractivity (Wildman–Crippen MR) is 190 cm³/mol. The molecular formula is C37H42OS4. The fraction of sp³-hybridized carbons (Fsp3) is 0.432. The van der Waals surface area contributed by atoms with Crippen LogP contribution in [0.5, 0.6) is 0 Å². The third-order valence-corrected chi connectivity index (χ3v) is 13.7. The van der Waals surface area contributed by atoms with Crippen molar-refractivity contribution in [2.24, 2.45) is 0 Å². The highest BCUT2D eigenvalue weighted by Gasteiger charge is 2.33. The zero-order valence-corrected chi connectivity index (χ0v) is 29.2. The molecule has 5 aromatic rings. The van der Waals surface area contributed by atoms with Crippen LogP contribution < -0.4 is 10.4 Å². The molecule has 0 aliphatic heterocycles. The van der Waals surface area contributed by atoms with E-state index in [0.29, 0.717) is 0 Å². The van der Waals surface area contributed by atoms with Gasteiger partial charge in [-0.3, -0.25) is 4.79 Å². The molecule has 1 aliphatic carbocycles. The Kier molecular flexibility index (Phi) is 8.94. The smallest absolute Gasteiger partial charge is 0.197 e. The molecule has 5 heteroatoms. The first-order chi connectivity index (χ1) is 20.3. The third-order valence-electron chi connectivity index (χ3n) is 8.87. The van der Waals surface area contributed by atoms with Crippen LogP contribution in [0, 0.1) is 27.7 Å². The van der Waals surface area contributed by atoms with E-state index in [1.54, 1.807) is 22.7 Å². The number of benzene rings is 1. The van der Waals surface area contributed by atoms with Gasteiger partial charge in [0.15, 0.2) is 5.78 Å². The molecule has 0 bridgehead atoms. The number of Topliss-reactive ketones (excluding diaryl/α,β-unsaturated/α-hetero) is 1. The van der Waals surface area contributed by atoms with E-state index in [2.05, 4.69) is 64.4 Å². The maximum absolute atomic E-state index is 14.7. The molecule has 4 aromatic heterocycles. The van der Waals surface area contributed by atoms with Crippen molar-refractivity contribution in [3.8, 4) is 0 Å². The van der Waals surface area contributed by atoms with E-state index in [0.717, 1.165) is 33.7 Å². The van der Waals surface area contributed by atoms with E-state index in [-0.39, 0.29) is 5.78 Å². The molecule has 0 unspecified atom stereocenters. The number of aryl methyl sites for hydroxylation is 6. The monoisotopic (exact) mass is 630 g/mol. The SMILES string of the molecule is CCCCCCc1sc2c3c(c4sc(CCCCCC)c(C)c4c2c1C)=C(c1cc(C)cs1)C(=O)C=3c1cc(C)cs1. The van der Waals surface area contributed by atoms with Crippen molar-refractivity contribution in [3.63, 3.8) is 0 Å². The van der Waals surface area contributed by atoms with Crippen LogP contribution in [0.1, 0.15) is 107 Å². The van der Waals surface area contributed by atoms with Gasteiger partial charge in [-0.05, 0) is 98.5 Å². The minimum Gasteiger partial charge on any atom is -0.288 e. The van der Waals surface area contributed by atoms with E-state index in [4.69, 9.17) is 0 Å². The topological polar surface area (TPSA) is 17.1 Å². The molecule has 0 saturated heterocycles. The number of carbonyl (C=O) groups excluding carboxylic acids is 1. The number of unbranched alkanes of at least 4 members (excludes halogenated alkanes) is 6. The first-order valence-corrected chi connectivity index (χ1v) is 19.1. The lowest BCUT2D eigenvalue weighted by atomic mass is 9.98. The van der Waals surface area contributed by atoms with Crippen LogP contribution in [0.4, 0.5) is 0 Å². The number of fused-ring (bicyclic) bond motifs is 6. The molecule has 1 nitrogen and oxygen atoms in total. The normalized spacial score (nSPS) is 13.4. The molecule has 220 valence electrons. The van der Waals surface area contributed by atoms with Crippen molar-refractivity contribution in [2.75, 3.05) is 0 Å². The molecule has 0 saturated carbocycles. The van der Waals surface area contributed by atoms with E-state index >= 15 is 0 Å². The Hall–Kier alpha value is -2.05. The number of rotatable bonds is 12. The van der Waals surface area contributed by atoms with Crippen LogP contribution in [0.2, 0.25) is 0 Å².